The average Bonchev–Trinajstić information content (AvgIpc) is 3.32. The number of amides is 1. The fourth-order valence-corrected chi connectivity index (χ4v) is 4.89. The number of para-hydroxylation sites is 2. The first-order valence-electron chi connectivity index (χ1n) is 14.3. The molecule has 0 aliphatic heterocycles. The molecule has 0 saturated carbocycles. The molecule has 210 valence electrons. The van der Waals surface area contributed by atoms with E-state index in [1.165, 1.54) is 5.52 Å². The minimum atomic E-state index is -0.00132. The van der Waals surface area contributed by atoms with E-state index in [1.54, 1.807) is 7.11 Å². The summed E-state index contributed by atoms with van der Waals surface area (Å²) >= 11 is 0. The lowest BCUT2D eigenvalue weighted by molar-refractivity contribution is 0.0953. The lowest BCUT2D eigenvalue weighted by atomic mass is 10.1. The van der Waals surface area contributed by atoms with Crippen LogP contribution >= 0.6 is 0 Å². The summed E-state index contributed by atoms with van der Waals surface area (Å²) in [6.07, 6.45) is 9.95. The Morgan fingerprint density at radius 1 is 0.950 bits per heavy atom. The average molecular weight is 540 g/mol. The smallest absolute Gasteiger partial charge is 0.251 e. The van der Waals surface area contributed by atoms with Crippen LogP contribution in [0.15, 0.2) is 72.8 Å². The van der Waals surface area contributed by atoms with Crippen LogP contribution in [0.25, 0.3) is 17.1 Å². The Balaban J connectivity index is 1.23. The molecule has 0 atom stereocenters. The van der Waals surface area contributed by atoms with Crippen molar-refractivity contribution in [2.24, 2.45) is 0 Å². The van der Waals surface area contributed by atoms with E-state index < -0.39 is 0 Å². The molecule has 0 aliphatic carbocycles. The summed E-state index contributed by atoms with van der Waals surface area (Å²) in [5, 5.41) is 3.04. The van der Waals surface area contributed by atoms with Gasteiger partial charge in [0, 0.05) is 25.1 Å². The molecule has 0 radical (unpaired) electrons. The van der Waals surface area contributed by atoms with E-state index in [4.69, 9.17) is 14.5 Å². The molecule has 1 aromatic heterocycles. The summed E-state index contributed by atoms with van der Waals surface area (Å²) in [5.74, 6) is 2.67. The van der Waals surface area contributed by atoms with Crippen LogP contribution in [-0.2, 0) is 13.0 Å². The summed E-state index contributed by atoms with van der Waals surface area (Å²) in [6, 6.07) is 22.1. The number of aromatic nitrogens is 2. The number of nitrogens with one attached hydrogen (secondary N) is 1. The van der Waals surface area contributed by atoms with E-state index in [0.29, 0.717) is 13.2 Å². The van der Waals surface area contributed by atoms with Crippen molar-refractivity contribution < 1.29 is 14.3 Å². The molecule has 4 rings (SSSR count). The molecular formula is C34H41N3O3. The minimum absolute atomic E-state index is 0.00132. The topological polar surface area (TPSA) is 65.4 Å². The first kappa shape index (κ1) is 28.9. The van der Waals surface area contributed by atoms with E-state index in [2.05, 4.69) is 28.1 Å². The quantitative estimate of drug-likeness (QED) is 0.160. The van der Waals surface area contributed by atoms with Crippen molar-refractivity contribution in [1.29, 1.82) is 0 Å². The number of unbranched alkanes of at least 4 members (excludes halogenated alkanes) is 3. The molecule has 40 heavy (non-hydrogen) atoms. The number of fused-ring (bicyclic) bond motifs is 1. The lowest BCUT2D eigenvalue weighted by Gasteiger charge is -2.12. The van der Waals surface area contributed by atoms with Gasteiger partial charge in [0.15, 0.2) is 11.5 Å². The third kappa shape index (κ3) is 7.98. The maximum Gasteiger partial charge on any atom is 0.251 e. The number of benzene rings is 3. The van der Waals surface area contributed by atoms with Gasteiger partial charge in [0.2, 0.25) is 0 Å². The Morgan fingerprint density at radius 2 is 1.82 bits per heavy atom. The highest BCUT2D eigenvalue weighted by Gasteiger charge is 2.11. The van der Waals surface area contributed by atoms with Crippen molar-refractivity contribution in [3.63, 3.8) is 0 Å². The van der Waals surface area contributed by atoms with Crippen LogP contribution in [0.4, 0.5) is 0 Å². The summed E-state index contributed by atoms with van der Waals surface area (Å²) in [7, 11) is 1.68. The first-order chi connectivity index (χ1) is 19.6. The molecule has 0 fully saturated rings. The third-order valence-electron chi connectivity index (χ3n) is 6.96. The summed E-state index contributed by atoms with van der Waals surface area (Å²) in [6.45, 7) is 6.23. The Kier molecular flexibility index (Phi) is 10.8. The van der Waals surface area contributed by atoms with Crippen molar-refractivity contribution >= 4 is 23.0 Å². The third-order valence-corrected chi connectivity index (χ3v) is 6.96. The first-order valence-corrected chi connectivity index (χ1v) is 14.3. The minimum Gasteiger partial charge on any atom is -0.493 e. The van der Waals surface area contributed by atoms with Gasteiger partial charge in [-0.15, -0.1) is 0 Å². The van der Waals surface area contributed by atoms with E-state index in [1.807, 2.05) is 74.5 Å². The van der Waals surface area contributed by atoms with Gasteiger partial charge in [-0.25, -0.2) is 4.98 Å². The normalized spacial score (nSPS) is 11.3. The molecule has 3 aromatic carbocycles. The van der Waals surface area contributed by atoms with Gasteiger partial charge in [-0.1, -0.05) is 54.5 Å². The molecule has 4 aromatic rings. The number of carbonyl (C=O) groups is 1. The summed E-state index contributed by atoms with van der Waals surface area (Å²) < 4.78 is 13.9. The molecule has 0 unspecified atom stereocenters. The Morgan fingerprint density at radius 3 is 2.65 bits per heavy atom. The van der Waals surface area contributed by atoms with Crippen molar-refractivity contribution in [2.45, 2.75) is 58.9 Å². The second-order valence-corrected chi connectivity index (χ2v) is 10.1. The van der Waals surface area contributed by atoms with Crippen LogP contribution in [0.2, 0.25) is 0 Å². The fourth-order valence-electron chi connectivity index (χ4n) is 4.89. The molecule has 1 N–H and O–H groups in total. The van der Waals surface area contributed by atoms with Crippen molar-refractivity contribution in [2.75, 3.05) is 20.3 Å². The standard InChI is InChI=1S/C34H41N3O3/c1-4-13-27-19-20-31(32(25-27)39-3)40-23-11-10-22-37-30-17-8-7-16-29(30)36-33(37)18-6-5-9-21-35-34(38)28-15-12-14-26(2)24-28/h4,7-8,12-17,19-20,24-25H,5-6,9-11,18,21-23H2,1-3H3,(H,35,38)/b13-4+. The van der Waals surface area contributed by atoms with Crippen molar-refractivity contribution in [1.82, 2.24) is 14.9 Å². The predicted octanol–water partition coefficient (Wildman–Crippen LogP) is 7.39. The highest BCUT2D eigenvalue weighted by atomic mass is 16.5. The number of rotatable bonds is 15. The zero-order valence-corrected chi connectivity index (χ0v) is 24.0. The van der Waals surface area contributed by atoms with E-state index in [0.717, 1.165) is 84.6 Å². The molecule has 0 bridgehead atoms. The second kappa shape index (κ2) is 14.9. The van der Waals surface area contributed by atoms with Crippen LogP contribution in [0, 0.1) is 6.92 Å². The maximum absolute atomic E-state index is 12.4. The highest BCUT2D eigenvalue weighted by Crippen LogP contribution is 2.29. The van der Waals surface area contributed by atoms with E-state index >= 15 is 0 Å². The van der Waals surface area contributed by atoms with Crippen LogP contribution in [0.5, 0.6) is 11.5 Å². The zero-order valence-electron chi connectivity index (χ0n) is 24.0. The largest absolute Gasteiger partial charge is 0.493 e. The Hall–Kier alpha value is -4.06. The monoisotopic (exact) mass is 539 g/mol. The van der Waals surface area contributed by atoms with Crippen LogP contribution < -0.4 is 14.8 Å². The van der Waals surface area contributed by atoms with Crippen molar-refractivity contribution in [3.05, 3.63) is 95.3 Å². The van der Waals surface area contributed by atoms with Crippen LogP contribution in [0.1, 0.15) is 66.3 Å². The van der Waals surface area contributed by atoms with Crippen molar-refractivity contribution in [3.8, 4) is 11.5 Å². The number of hydrogen-bond acceptors (Lipinski definition) is 4. The molecule has 0 spiro atoms. The number of nitrogens with zero attached hydrogens (tertiary/aromatic N) is 2. The van der Waals surface area contributed by atoms with Gasteiger partial charge in [0.25, 0.3) is 5.91 Å². The highest BCUT2D eigenvalue weighted by molar-refractivity contribution is 5.94. The zero-order chi connectivity index (χ0) is 28.2. The maximum atomic E-state index is 12.4. The molecular weight excluding hydrogens is 498 g/mol. The van der Waals surface area contributed by atoms with Crippen LogP contribution in [-0.4, -0.2) is 35.7 Å². The van der Waals surface area contributed by atoms with E-state index in [9.17, 15) is 4.79 Å². The number of allylic oxidation sites excluding steroid dienone is 1. The number of carbonyl (C=O) groups excluding carboxylic acids is 1. The molecule has 6 nitrogen and oxygen atoms in total. The van der Waals surface area contributed by atoms with Gasteiger partial charge >= 0.3 is 0 Å². The second-order valence-electron chi connectivity index (χ2n) is 10.1. The summed E-state index contributed by atoms with van der Waals surface area (Å²) in [5.41, 5.74) is 5.15. The van der Waals surface area contributed by atoms with Gasteiger partial charge in [0.1, 0.15) is 5.82 Å². The number of imidazole rings is 1. The Bertz CT molecular complexity index is 1420. The Labute approximate surface area is 238 Å². The van der Waals surface area contributed by atoms with Gasteiger partial charge in [0.05, 0.1) is 24.8 Å². The van der Waals surface area contributed by atoms with Crippen LogP contribution in [0.3, 0.4) is 0 Å². The fraction of sp³-hybridized carbons (Fsp3) is 0.353. The number of hydrogen-bond donors (Lipinski definition) is 1. The molecule has 0 aliphatic rings. The molecule has 6 heteroatoms. The number of aryl methyl sites for hydroxylation is 3. The summed E-state index contributed by atoms with van der Waals surface area (Å²) in [4.78, 5) is 17.3. The van der Waals surface area contributed by atoms with Gasteiger partial charge in [-0.3, -0.25) is 4.79 Å². The SMILES string of the molecule is C/C=C/c1ccc(OCCCCn2c(CCCCCNC(=O)c3cccc(C)c3)nc3ccccc32)c(OC)c1. The number of ether oxygens (including phenoxy) is 2. The number of methoxy groups -OCH3 is 1. The van der Waals surface area contributed by atoms with E-state index in [-0.39, 0.29) is 5.91 Å². The molecule has 0 saturated heterocycles. The molecule has 1 heterocycles. The van der Waals surface area contributed by atoms with Gasteiger partial charge in [-0.05, 0) is 81.5 Å². The molecule has 1 amide bonds. The van der Waals surface area contributed by atoms with Gasteiger partial charge in [-0.2, -0.15) is 0 Å². The lowest BCUT2D eigenvalue weighted by Crippen LogP contribution is -2.24. The van der Waals surface area contributed by atoms with Gasteiger partial charge < -0.3 is 19.4 Å². The predicted molar refractivity (Wildman–Crippen MR) is 163 cm³/mol.